The maximum absolute atomic E-state index is 12.5. The van der Waals surface area contributed by atoms with Crippen molar-refractivity contribution in [1.82, 2.24) is 19.7 Å². The maximum Gasteiger partial charge on any atom is 0.260 e. The number of rotatable bonds is 7. The molecule has 0 N–H and O–H groups in total. The van der Waals surface area contributed by atoms with Crippen LogP contribution in [-0.4, -0.2) is 46.3 Å². The third kappa shape index (κ3) is 4.25. The van der Waals surface area contributed by atoms with Crippen molar-refractivity contribution < 1.29 is 14.3 Å². The summed E-state index contributed by atoms with van der Waals surface area (Å²) in [5, 5.41) is 4.11. The lowest BCUT2D eigenvalue weighted by Crippen LogP contribution is -2.33. The van der Waals surface area contributed by atoms with E-state index in [4.69, 9.17) is 9.47 Å². The molecule has 0 saturated heterocycles. The molecule has 1 heterocycles. The van der Waals surface area contributed by atoms with Crippen LogP contribution in [0.5, 0.6) is 11.5 Å². The quantitative estimate of drug-likeness (QED) is 0.643. The minimum atomic E-state index is -0.117. The van der Waals surface area contributed by atoms with E-state index < -0.39 is 0 Å². The Labute approximate surface area is 158 Å². The van der Waals surface area contributed by atoms with Crippen LogP contribution in [0.2, 0.25) is 0 Å². The highest BCUT2D eigenvalue weighted by molar-refractivity contribution is 5.78. The van der Waals surface area contributed by atoms with E-state index in [0.29, 0.717) is 11.5 Å². The average molecular weight is 366 g/mol. The molecule has 0 aliphatic carbocycles. The summed E-state index contributed by atoms with van der Waals surface area (Å²) in [6.07, 6.45) is 3.13. The molecule has 3 aromatic rings. The molecule has 140 valence electrons. The summed E-state index contributed by atoms with van der Waals surface area (Å²) in [4.78, 5) is 18.1. The smallest absolute Gasteiger partial charge is 0.260 e. The van der Waals surface area contributed by atoms with Crippen LogP contribution in [0, 0.1) is 0 Å². The Hall–Kier alpha value is -3.35. The predicted molar refractivity (Wildman–Crippen MR) is 101 cm³/mol. The summed E-state index contributed by atoms with van der Waals surface area (Å²) in [5.41, 5.74) is 1.93. The van der Waals surface area contributed by atoms with Crippen LogP contribution in [0.25, 0.3) is 5.69 Å². The number of nitrogens with zero attached hydrogens (tertiary/aromatic N) is 4. The van der Waals surface area contributed by atoms with Gasteiger partial charge in [0.25, 0.3) is 5.91 Å². The number of aromatic nitrogens is 3. The topological polar surface area (TPSA) is 69.5 Å². The van der Waals surface area contributed by atoms with Crippen molar-refractivity contribution in [3.8, 4) is 17.2 Å². The second kappa shape index (κ2) is 8.35. The average Bonchev–Trinajstić information content (AvgIpc) is 3.26. The van der Waals surface area contributed by atoms with Gasteiger partial charge in [-0.05, 0) is 36.8 Å². The summed E-state index contributed by atoms with van der Waals surface area (Å²) in [6.45, 7) is 1.92. The monoisotopic (exact) mass is 366 g/mol. The van der Waals surface area contributed by atoms with Crippen molar-refractivity contribution in [3.05, 3.63) is 66.7 Å². The molecule has 0 fully saturated rings. The fourth-order valence-corrected chi connectivity index (χ4v) is 2.67. The third-order valence-electron chi connectivity index (χ3n) is 4.45. The molecule has 1 atom stereocenters. The summed E-state index contributed by atoms with van der Waals surface area (Å²) < 4.78 is 12.6. The van der Waals surface area contributed by atoms with Gasteiger partial charge in [0.05, 0.1) is 18.8 Å². The molecule has 1 unspecified atom stereocenters. The molecule has 7 heteroatoms. The molecule has 3 rings (SSSR count). The second-order valence-electron chi connectivity index (χ2n) is 6.05. The van der Waals surface area contributed by atoms with Gasteiger partial charge in [-0.1, -0.05) is 24.3 Å². The van der Waals surface area contributed by atoms with Gasteiger partial charge in [-0.2, -0.15) is 5.10 Å². The first-order valence-corrected chi connectivity index (χ1v) is 8.56. The van der Waals surface area contributed by atoms with E-state index in [1.807, 2.05) is 43.3 Å². The van der Waals surface area contributed by atoms with Gasteiger partial charge in [0.15, 0.2) is 18.1 Å². The highest BCUT2D eigenvalue weighted by Gasteiger charge is 2.18. The van der Waals surface area contributed by atoms with Gasteiger partial charge in [-0.25, -0.2) is 9.67 Å². The van der Waals surface area contributed by atoms with Crippen LogP contribution in [0.4, 0.5) is 0 Å². The number of benzene rings is 2. The van der Waals surface area contributed by atoms with Crippen LogP contribution in [0.3, 0.4) is 0 Å². The number of likely N-dealkylation sites (N-methyl/N-ethyl adjacent to an activating group) is 1. The van der Waals surface area contributed by atoms with E-state index >= 15 is 0 Å². The van der Waals surface area contributed by atoms with Crippen LogP contribution in [0.1, 0.15) is 18.5 Å². The first-order valence-electron chi connectivity index (χ1n) is 8.56. The molecular formula is C20H22N4O3. The Morgan fingerprint density at radius 1 is 1.15 bits per heavy atom. The van der Waals surface area contributed by atoms with Crippen molar-refractivity contribution in [2.75, 3.05) is 20.8 Å². The van der Waals surface area contributed by atoms with Gasteiger partial charge in [-0.3, -0.25) is 4.79 Å². The lowest BCUT2D eigenvalue weighted by Gasteiger charge is -2.25. The number of carbonyl (C=O) groups is 1. The van der Waals surface area contributed by atoms with Gasteiger partial charge in [0.1, 0.15) is 12.7 Å². The van der Waals surface area contributed by atoms with E-state index in [1.54, 1.807) is 42.2 Å². The van der Waals surface area contributed by atoms with E-state index in [9.17, 15) is 4.79 Å². The van der Waals surface area contributed by atoms with Crippen molar-refractivity contribution in [3.63, 3.8) is 0 Å². The van der Waals surface area contributed by atoms with Gasteiger partial charge in [0, 0.05) is 7.05 Å². The van der Waals surface area contributed by atoms with E-state index in [2.05, 4.69) is 10.1 Å². The molecule has 1 amide bonds. The first kappa shape index (κ1) is 18.4. The van der Waals surface area contributed by atoms with E-state index in [-0.39, 0.29) is 18.6 Å². The Kier molecular flexibility index (Phi) is 5.71. The molecule has 0 spiro atoms. The highest BCUT2D eigenvalue weighted by Crippen LogP contribution is 2.26. The van der Waals surface area contributed by atoms with Crippen molar-refractivity contribution in [2.45, 2.75) is 13.0 Å². The number of hydrogen-bond donors (Lipinski definition) is 0. The molecule has 0 saturated carbocycles. The maximum atomic E-state index is 12.5. The van der Waals surface area contributed by atoms with Gasteiger partial charge >= 0.3 is 0 Å². The van der Waals surface area contributed by atoms with Crippen LogP contribution in [-0.2, 0) is 4.79 Å². The molecule has 0 bridgehead atoms. The molecule has 0 aliphatic heterocycles. The fraction of sp³-hybridized carbons (Fsp3) is 0.250. The van der Waals surface area contributed by atoms with E-state index in [1.165, 1.54) is 6.33 Å². The number of amides is 1. The minimum absolute atomic E-state index is 0.0573. The molecule has 7 nitrogen and oxygen atoms in total. The zero-order valence-corrected chi connectivity index (χ0v) is 15.6. The summed E-state index contributed by atoms with van der Waals surface area (Å²) in [6, 6.07) is 15.0. The van der Waals surface area contributed by atoms with Crippen LogP contribution < -0.4 is 9.47 Å². The molecule has 0 radical (unpaired) electrons. The van der Waals surface area contributed by atoms with Crippen LogP contribution >= 0.6 is 0 Å². The largest absolute Gasteiger partial charge is 0.493 e. The number of methoxy groups -OCH3 is 1. The lowest BCUT2D eigenvalue weighted by molar-refractivity contribution is -0.134. The summed E-state index contributed by atoms with van der Waals surface area (Å²) >= 11 is 0. The number of hydrogen-bond acceptors (Lipinski definition) is 5. The van der Waals surface area contributed by atoms with Gasteiger partial charge < -0.3 is 14.4 Å². The zero-order valence-electron chi connectivity index (χ0n) is 15.6. The molecule has 2 aromatic carbocycles. The van der Waals surface area contributed by atoms with Crippen molar-refractivity contribution in [2.24, 2.45) is 0 Å². The normalized spacial score (nSPS) is 11.7. The SMILES string of the molecule is COc1ccccc1OCC(=O)N(C)C(C)c1ccc(-n2cncn2)cc1. The van der Waals surface area contributed by atoms with Gasteiger partial charge in [-0.15, -0.1) is 0 Å². The first-order chi connectivity index (χ1) is 13.1. The minimum Gasteiger partial charge on any atom is -0.493 e. The highest BCUT2D eigenvalue weighted by atomic mass is 16.5. The standard InChI is InChI=1S/C20H22N4O3/c1-15(16-8-10-17(11-9-16)24-14-21-13-22-24)23(2)20(25)12-27-19-7-5-4-6-18(19)26-3/h4-11,13-15H,12H2,1-3H3. The fourth-order valence-electron chi connectivity index (χ4n) is 2.67. The number of para-hydroxylation sites is 2. The Morgan fingerprint density at radius 3 is 2.48 bits per heavy atom. The van der Waals surface area contributed by atoms with Crippen LogP contribution in [0.15, 0.2) is 61.2 Å². The molecular weight excluding hydrogens is 344 g/mol. The summed E-state index contributed by atoms with van der Waals surface area (Å²) in [5.74, 6) is 1.03. The van der Waals surface area contributed by atoms with Crippen molar-refractivity contribution in [1.29, 1.82) is 0 Å². The Balaban J connectivity index is 1.62. The number of carbonyl (C=O) groups excluding carboxylic acids is 1. The Bertz CT molecular complexity index is 879. The molecule has 1 aromatic heterocycles. The Morgan fingerprint density at radius 2 is 1.85 bits per heavy atom. The predicted octanol–water partition coefficient (Wildman–Crippen LogP) is 2.87. The molecule has 0 aliphatic rings. The molecule has 27 heavy (non-hydrogen) atoms. The van der Waals surface area contributed by atoms with Crippen molar-refractivity contribution >= 4 is 5.91 Å². The number of ether oxygens (including phenoxy) is 2. The lowest BCUT2D eigenvalue weighted by atomic mass is 10.1. The third-order valence-corrected chi connectivity index (χ3v) is 4.45. The zero-order chi connectivity index (χ0) is 19.2. The summed E-state index contributed by atoms with van der Waals surface area (Å²) in [7, 11) is 3.34. The van der Waals surface area contributed by atoms with Gasteiger partial charge in [0.2, 0.25) is 0 Å². The second-order valence-corrected chi connectivity index (χ2v) is 6.05. The van der Waals surface area contributed by atoms with E-state index in [0.717, 1.165) is 11.3 Å².